The van der Waals surface area contributed by atoms with Gasteiger partial charge in [0.25, 0.3) is 0 Å². The third kappa shape index (κ3) is 3.75. The molecule has 0 saturated heterocycles. The lowest BCUT2D eigenvalue weighted by molar-refractivity contribution is -0.127. The molecule has 3 heterocycles. The first kappa shape index (κ1) is 20.5. The van der Waals surface area contributed by atoms with E-state index in [2.05, 4.69) is 23.8 Å². The van der Waals surface area contributed by atoms with E-state index in [4.69, 9.17) is 4.98 Å². The van der Waals surface area contributed by atoms with Gasteiger partial charge in [0.2, 0.25) is 5.91 Å². The Hall–Kier alpha value is -1.73. The van der Waals surface area contributed by atoms with Crippen molar-refractivity contribution in [3.05, 3.63) is 23.1 Å². The lowest BCUT2D eigenvalue weighted by Gasteiger charge is -2.21. The van der Waals surface area contributed by atoms with E-state index < -0.39 is 0 Å². The monoisotopic (exact) mass is 428 g/mol. The van der Waals surface area contributed by atoms with Gasteiger partial charge < -0.3 is 4.90 Å². The molecular formula is C22H28N4OS2. The van der Waals surface area contributed by atoms with Crippen molar-refractivity contribution in [2.24, 2.45) is 0 Å². The molecule has 1 aliphatic carbocycles. The number of hydrogen-bond donors (Lipinski definition) is 0. The quantitative estimate of drug-likeness (QED) is 0.399. The van der Waals surface area contributed by atoms with Gasteiger partial charge in [-0.1, -0.05) is 25.6 Å². The molecule has 0 spiro atoms. The molecule has 1 amide bonds. The molecule has 0 fully saturated rings. The van der Waals surface area contributed by atoms with Crippen LogP contribution in [0.2, 0.25) is 0 Å². The first-order chi connectivity index (χ1) is 14.0. The zero-order valence-corrected chi connectivity index (χ0v) is 19.3. The average Bonchev–Trinajstić information content (AvgIpc) is 3.11. The van der Waals surface area contributed by atoms with E-state index >= 15 is 0 Å². The Morgan fingerprint density at radius 2 is 1.90 bits per heavy atom. The summed E-state index contributed by atoms with van der Waals surface area (Å²) in [7, 11) is 0. The van der Waals surface area contributed by atoms with Crippen LogP contribution in [0.15, 0.2) is 11.4 Å². The molecule has 7 heteroatoms. The van der Waals surface area contributed by atoms with E-state index in [0.717, 1.165) is 46.0 Å². The van der Waals surface area contributed by atoms with Gasteiger partial charge in [-0.3, -0.25) is 4.79 Å². The summed E-state index contributed by atoms with van der Waals surface area (Å²) in [5, 5.41) is 2.12. The van der Waals surface area contributed by atoms with Crippen LogP contribution in [0.4, 0.5) is 0 Å². The standard InChI is InChI=1S/C22H28N4OS2/c1-5-26(6-2)16(27)11-28-22-20-19(23-12-24-22)17-14-9-7-8-10-15(14)18(13(3)4)25-21(17)29-20/h12-13H,5-11H2,1-4H3. The molecule has 0 radical (unpaired) electrons. The fourth-order valence-electron chi connectivity index (χ4n) is 4.25. The number of aryl methyl sites for hydroxylation is 1. The molecule has 0 aliphatic heterocycles. The third-order valence-electron chi connectivity index (χ3n) is 5.72. The minimum atomic E-state index is 0.158. The number of fused-ring (bicyclic) bond motifs is 5. The molecule has 5 nitrogen and oxygen atoms in total. The molecule has 3 aromatic rings. The molecule has 0 unspecified atom stereocenters. The number of pyridine rings is 1. The van der Waals surface area contributed by atoms with Crippen molar-refractivity contribution in [1.29, 1.82) is 0 Å². The molecule has 0 bridgehead atoms. The van der Waals surface area contributed by atoms with E-state index in [1.54, 1.807) is 17.7 Å². The Bertz CT molecular complexity index is 1060. The predicted molar refractivity (Wildman–Crippen MR) is 122 cm³/mol. The molecule has 0 aromatic carbocycles. The first-order valence-electron chi connectivity index (χ1n) is 10.5. The Labute approximate surface area is 180 Å². The largest absolute Gasteiger partial charge is 0.343 e. The zero-order valence-electron chi connectivity index (χ0n) is 17.6. The van der Waals surface area contributed by atoms with Crippen LogP contribution < -0.4 is 0 Å². The number of amides is 1. The van der Waals surface area contributed by atoms with Crippen molar-refractivity contribution in [3.8, 4) is 0 Å². The Morgan fingerprint density at radius 3 is 2.59 bits per heavy atom. The van der Waals surface area contributed by atoms with Crippen LogP contribution in [0.1, 0.15) is 63.3 Å². The summed E-state index contributed by atoms with van der Waals surface area (Å²) in [5.41, 5.74) is 5.16. The highest BCUT2D eigenvalue weighted by molar-refractivity contribution is 8.00. The van der Waals surface area contributed by atoms with Gasteiger partial charge in [-0.15, -0.1) is 11.3 Å². The van der Waals surface area contributed by atoms with E-state index in [9.17, 15) is 4.79 Å². The lowest BCUT2D eigenvalue weighted by atomic mass is 9.86. The zero-order chi connectivity index (χ0) is 20.5. The Kier molecular flexibility index (Phi) is 6.06. The number of thiophene rings is 1. The number of aromatic nitrogens is 3. The maximum absolute atomic E-state index is 12.5. The molecular weight excluding hydrogens is 400 g/mol. The van der Waals surface area contributed by atoms with Crippen molar-refractivity contribution in [2.75, 3.05) is 18.8 Å². The van der Waals surface area contributed by atoms with Crippen LogP contribution in [-0.2, 0) is 17.6 Å². The van der Waals surface area contributed by atoms with Gasteiger partial charge in [0.1, 0.15) is 16.2 Å². The van der Waals surface area contributed by atoms with Crippen molar-refractivity contribution in [1.82, 2.24) is 19.9 Å². The minimum Gasteiger partial charge on any atom is -0.343 e. The lowest BCUT2D eigenvalue weighted by Crippen LogP contribution is -2.31. The normalized spacial score (nSPS) is 14.0. The van der Waals surface area contributed by atoms with Crippen LogP contribution in [0.3, 0.4) is 0 Å². The summed E-state index contributed by atoms with van der Waals surface area (Å²) < 4.78 is 1.07. The van der Waals surface area contributed by atoms with Gasteiger partial charge in [-0.25, -0.2) is 15.0 Å². The summed E-state index contributed by atoms with van der Waals surface area (Å²) in [6.07, 6.45) is 6.34. The van der Waals surface area contributed by atoms with Gasteiger partial charge in [0.05, 0.1) is 16.0 Å². The molecule has 1 aliphatic rings. The summed E-state index contributed by atoms with van der Waals surface area (Å²) in [5.74, 6) is 0.985. The van der Waals surface area contributed by atoms with Crippen LogP contribution in [0.5, 0.6) is 0 Å². The van der Waals surface area contributed by atoms with Crippen LogP contribution in [-0.4, -0.2) is 44.6 Å². The number of thioether (sulfide) groups is 1. The van der Waals surface area contributed by atoms with Crippen LogP contribution >= 0.6 is 23.1 Å². The van der Waals surface area contributed by atoms with Crippen molar-refractivity contribution >= 4 is 49.4 Å². The van der Waals surface area contributed by atoms with Crippen molar-refractivity contribution in [2.45, 2.75) is 64.3 Å². The van der Waals surface area contributed by atoms with Crippen LogP contribution in [0.25, 0.3) is 20.4 Å². The van der Waals surface area contributed by atoms with Gasteiger partial charge in [-0.2, -0.15) is 0 Å². The molecule has 29 heavy (non-hydrogen) atoms. The van der Waals surface area contributed by atoms with Gasteiger partial charge in [0, 0.05) is 24.2 Å². The summed E-state index contributed by atoms with van der Waals surface area (Å²) in [6.45, 7) is 9.98. The van der Waals surface area contributed by atoms with Gasteiger partial charge >= 0.3 is 0 Å². The number of rotatable bonds is 6. The van der Waals surface area contributed by atoms with E-state index in [-0.39, 0.29) is 5.91 Å². The minimum absolute atomic E-state index is 0.158. The van der Waals surface area contributed by atoms with Gasteiger partial charge in [0.15, 0.2) is 0 Å². The smallest absolute Gasteiger partial charge is 0.232 e. The maximum atomic E-state index is 12.5. The molecule has 154 valence electrons. The molecule has 0 atom stereocenters. The van der Waals surface area contributed by atoms with Crippen LogP contribution in [0, 0.1) is 0 Å². The van der Waals surface area contributed by atoms with Crippen molar-refractivity contribution < 1.29 is 4.79 Å². The highest BCUT2D eigenvalue weighted by Crippen LogP contribution is 2.42. The number of carbonyl (C=O) groups is 1. The summed E-state index contributed by atoms with van der Waals surface area (Å²) in [4.78, 5) is 29.6. The maximum Gasteiger partial charge on any atom is 0.232 e. The molecule has 0 N–H and O–H groups in total. The fraction of sp³-hybridized carbons (Fsp3) is 0.545. The molecule has 4 rings (SSSR count). The Balaban J connectivity index is 1.79. The highest BCUT2D eigenvalue weighted by atomic mass is 32.2. The fourth-order valence-corrected chi connectivity index (χ4v) is 6.39. The summed E-state index contributed by atoms with van der Waals surface area (Å²) >= 11 is 3.20. The first-order valence-corrected chi connectivity index (χ1v) is 12.3. The number of hydrogen-bond acceptors (Lipinski definition) is 6. The predicted octanol–water partition coefficient (Wildman–Crippen LogP) is 5.20. The SMILES string of the molecule is CCN(CC)C(=O)CSc1ncnc2c1sc1nc(C(C)C)c3c(c12)CCCC3. The second kappa shape index (κ2) is 8.56. The average molecular weight is 429 g/mol. The van der Waals surface area contributed by atoms with E-state index in [1.807, 2.05) is 18.7 Å². The van der Waals surface area contributed by atoms with Gasteiger partial charge in [-0.05, 0) is 56.6 Å². The third-order valence-corrected chi connectivity index (χ3v) is 7.90. The second-order valence-corrected chi connectivity index (χ2v) is 9.77. The molecule has 3 aromatic heterocycles. The molecule has 0 saturated carbocycles. The topological polar surface area (TPSA) is 59.0 Å². The Morgan fingerprint density at radius 1 is 1.17 bits per heavy atom. The highest BCUT2D eigenvalue weighted by Gasteiger charge is 2.24. The number of carbonyl (C=O) groups excluding carboxylic acids is 1. The second-order valence-electron chi connectivity index (χ2n) is 7.81. The van der Waals surface area contributed by atoms with Crippen molar-refractivity contribution in [3.63, 3.8) is 0 Å². The van der Waals surface area contributed by atoms with E-state index in [0.29, 0.717) is 11.7 Å². The number of nitrogens with zero attached hydrogens (tertiary/aromatic N) is 4. The van der Waals surface area contributed by atoms with E-state index in [1.165, 1.54) is 46.8 Å². The summed E-state index contributed by atoms with van der Waals surface area (Å²) in [6, 6.07) is 0.